The maximum Gasteiger partial charge on any atom is 0.406 e. The van der Waals surface area contributed by atoms with Crippen LogP contribution >= 0.6 is 0 Å². The summed E-state index contributed by atoms with van der Waals surface area (Å²) in [7, 11) is 1.22. The van der Waals surface area contributed by atoms with E-state index in [4.69, 9.17) is 5.11 Å². The van der Waals surface area contributed by atoms with E-state index in [1.165, 1.54) is 14.0 Å². The molecule has 0 saturated carbocycles. The largest absolute Gasteiger partial charge is 0.480 e. The summed E-state index contributed by atoms with van der Waals surface area (Å²) in [6.45, 7) is -0.596. The van der Waals surface area contributed by atoms with Crippen LogP contribution in [-0.2, 0) is 9.53 Å². The summed E-state index contributed by atoms with van der Waals surface area (Å²) in [5.41, 5.74) is 0. The van der Waals surface area contributed by atoms with E-state index in [0.717, 1.165) is 0 Å². The van der Waals surface area contributed by atoms with Crippen molar-refractivity contribution in [3.05, 3.63) is 0 Å². The first-order chi connectivity index (χ1) is 8.21. The van der Waals surface area contributed by atoms with Gasteiger partial charge in [0.2, 0.25) is 0 Å². The number of aliphatic carboxylic acids is 1. The molecule has 0 aromatic carbocycles. The lowest BCUT2D eigenvalue weighted by atomic mass is 10.3. The summed E-state index contributed by atoms with van der Waals surface area (Å²) in [5.74, 6) is -1.38. The number of nitrogens with zero attached hydrogens (tertiary/aromatic N) is 1. The molecule has 0 aliphatic carbocycles. The predicted octanol–water partition coefficient (Wildman–Crippen LogP) is 0.680. The molecule has 0 aromatic rings. The highest BCUT2D eigenvalue weighted by atomic mass is 19.4. The van der Waals surface area contributed by atoms with Gasteiger partial charge in [-0.25, -0.2) is 9.59 Å². The summed E-state index contributed by atoms with van der Waals surface area (Å²) in [4.78, 5) is 22.6. The van der Waals surface area contributed by atoms with Gasteiger partial charge in [0.25, 0.3) is 0 Å². The Kier molecular flexibility index (Phi) is 6.45. The number of rotatable bonds is 6. The summed E-state index contributed by atoms with van der Waals surface area (Å²) in [5, 5.41) is 10.7. The molecule has 0 aromatic heterocycles. The Morgan fingerprint density at radius 2 is 2.00 bits per heavy atom. The number of nitrogens with one attached hydrogen (secondary N) is 1. The van der Waals surface area contributed by atoms with E-state index in [-0.39, 0.29) is 13.2 Å². The quantitative estimate of drug-likeness (QED) is 0.745. The monoisotopic (exact) mass is 272 g/mol. The standard InChI is InChI=1S/C9H15F3N2O4/c1-3-14(5-9(10,11)12)8(17)13-6(4-18-2)7(15)16/h6H,3-5H2,1-2H3,(H,13,17)(H,15,16). The van der Waals surface area contributed by atoms with E-state index in [2.05, 4.69) is 4.74 Å². The average molecular weight is 272 g/mol. The molecule has 0 aliphatic rings. The van der Waals surface area contributed by atoms with Crippen LogP contribution in [0.15, 0.2) is 0 Å². The molecule has 2 amide bonds. The van der Waals surface area contributed by atoms with Crippen molar-refractivity contribution >= 4 is 12.0 Å². The van der Waals surface area contributed by atoms with Crippen LogP contribution in [0.25, 0.3) is 0 Å². The van der Waals surface area contributed by atoms with Crippen LogP contribution in [0.1, 0.15) is 6.92 Å². The SMILES string of the molecule is CCN(CC(F)(F)F)C(=O)NC(COC)C(=O)O. The van der Waals surface area contributed by atoms with Crippen LogP contribution in [0.2, 0.25) is 0 Å². The average Bonchev–Trinajstić information content (AvgIpc) is 2.23. The van der Waals surface area contributed by atoms with Gasteiger partial charge in [-0.2, -0.15) is 13.2 Å². The molecule has 0 bridgehead atoms. The highest BCUT2D eigenvalue weighted by Gasteiger charge is 2.33. The van der Waals surface area contributed by atoms with Crippen LogP contribution in [0.5, 0.6) is 0 Å². The number of halogens is 3. The van der Waals surface area contributed by atoms with Crippen molar-refractivity contribution in [2.75, 3.05) is 26.8 Å². The molecule has 9 heteroatoms. The summed E-state index contributed by atoms with van der Waals surface area (Å²) < 4.78 is 40.9. The molecule has 0 rings (SSSR count). The third-order valence-corrected chi connectivity index (χ3v) is 1.97. The molecule has 0 fully saturated rings. The Bertz CT molecular complexity index is 296. The molecule has 1 atom stereocenters. The molecule has 18 heavy (non-hydrogen) atoms. The summed E-state index contributed by atoms with van der Waals surface area (Å²) in [6.07, 6.45) is -4.53. The molecule has 0 aliphatic heterocycles. The normalized spacial score (nSPS) is 12.9. The third kappa shape index (κ3) is 6.28. The maximum absolute atomic E-state index is 12.1. The summed E-state index contributed by atoms with van der Waals surface area (Å²) in [6, 6.07) is -2.48. The van der Waals surface area contributed by atoms with Crippen molar-refractivity contribution in [2.24, 2.45) is 0 Å². The minimum atomic E-state index is -4.53. The zero-order valence-corrected chi connectivity index (χ0v) is 9.95. The number of amides is 2. The van der Waals surface area contributed by atoms with E-state index in [9.17, 15) is 22.8 Å². The van der Waals surface area contributed by atoms with Crippen molar-refractivity contribution in [3.63, 3.8) is 0 Å². The molecule has 1 unspecified atom stereocenters. The molecular formula is C9H15F3N2O4. The van der Waals surface area contributed by atoms with E-state index in [1.807, 2.05) is 5.32 Å². The Labute approximate surface area is 102 Å². The van der Waals surface area contributed by atoms with Crippen molar-refractivity contribution < 1.29 is 32.6 Å². The Morgan fingerprint density at radius 1 is 1.44 bits per heavy atom. The minimum Gasteiger partial charge on any atom is -0.480 e. The topological polar surface area (TPSA) is 78.9 Å². The van der Waals surface area contributed by atoms with Gasteiger partial charge >= 0.3 is 18.2 Å². The maximum atomic E-state index is 12.1. The lowest BCUT2D eigenvalue weighted by molar-refractivity contribution is -0.141. The van der Waals surface area contributed by atoms with Crippen molar-refractivity contribution in [1.82, 2.24) is 10.2 Å². The lowest BCUT2D eigenvalue weighted by Crippen LogP contribution is -2.51. The number of carbonyl (C=O) groups is 2. The molecule has 2 N–H and O–H groups in total. The first kappa shape index (κ1) is 16.5. The van der Waals surface area contributed by atoms with Crippen LogP contribution in [0.4, 0.5) is 18.0 Å². The highest BCUT2D eigenvalue weighted by Crippen LogP contribution is 2.16. The fourth-order valence-corrected chi connectivity index (χ4v) is 1.13. The molecule has 0 saturated heterocycles. The van der Waals surface area contributed by atoms with Gasteiger partial charge in [0.1, 0.15) is 6.54 Å². The first-order valence-corrected chi connectivity index (χ1v) is 5.05. The number of carbonyl (C=O) groups excluding carboxylic acids is 1. The number of ether oxygens (including phenoxy) is 1. The minimum absolute atomic E-state index is 0.190. The molecule has 106 valence electrons. The van der Waals surface area contributed by atoms with E-state index in [0.29, 0.717) is 4.90 Å². The number of hydrogen-bond acceptors (Lipinski definition) is 3. The molecule has 0 spiro atoms. The Balaban J connectivity index is 4.55. The molecule has 6 nitrogen and oxygen atoms in total. The summed E-state index contributed by atoms with van der Waals surface area (Å²) >= 11 is 0. The first-order valence-electron chi connectivity index (χ1n) is 5.05. The number of carboxylic acids is 1. The zero-order valence-electron chi connectivity index (χ0n) is 9.95. The number of hydrogen-bond donors (Lipinski definition) is 2. The fraction of sp³-hybridized carbons (Fsp3) is 0.778. The van der Waals surface area contributed by atoms with Crippen LogP contribution < -0.4 is 5.32 Å². The fourth-order valence-electron chi connectivity index (χ4n) is 1.13. The number of urea groups is 1. The second kappa shape index (κ2) is 7.04. The highest BCUT2D eigenvalue weighted by molar-refractivity contribution is 5.82. The molecule has 0 radical (unpaired) electrons. The molecule has 0 heterocycles. The number of carboxylic acid groups (broad SMARTS) is 1. The Hall–Kier alpha value is -1.51. The third-order valence-electron chi connectivity index (χ3n) is 1.97. The van der Waals surface area contributed by atoms with Crippen molar-refractivity contribution in [1.29, 1.82) is 0 Å². The van der Waals surface area contributed by atoms with Crippen LogP contribution in [0, 0.1) is 0 Å². The van der Waals surface area contributed by atoms with Gasteiger partial charge in [-0.3, -0.25) is 0 Å². The number of alkyl halides is 3. The van der Waals surface area contributed by atoms with Crippen LogP contribution in [0.3, 0.4) is 0 Å². The van der Waals surface area contributed by atoms with Crippen molar-refractivity contribution in [3.8, 4) is 0 Å². The van der Waals surface area contributed by atoms with Gasteiger partial charge in [0.05, 0.1) is 6.61 Å². The van der Waals surface area contributed by atoms with Gasteiger partial charge in [0, 0.05) is 13.7 Å². The lowest BCUT2D eigenvalue weighted by Gasteiger charge is -2.24. The van der Waals surface area contributed by atoms with E-state index >= 15 is 0 Å². The van der Waals surface area contributed by atoms with Gasteiger partial charge in [0.15, 0.2) is 6.04 Å². The number of methoxy groups -OCH3 is 1. The predicted molar refractivity (Wildman–Crippen MR) is 55.1 cm³/mol. The van der Waals surface area contributed by atoms with Crippen molar-refractivity contribution in [2.45, 2.75) is 19.1 Å². The molecular weight excluding hydrogens is 257 g/mol. The smallest absolute Gasteiger partial charge is 0.406 e. The second-order valence-corrected chi connectivity index (χ2v) is 3.43. The van der Waals surface area contributed by atoms with E-state index in [1.54, 1.807) is 0 Å². The van der Waals surface area contributed by atoms with Gasteiger partial charge in [-0.15, -0.1) is 0 Å². The second-order valence-electron chi connectivity index (χ2n) is 3.43. The van der Waals surface area contributed by atoms with Crippen LogP contribution in [-0.4, -0.2) is 61.0 Å². The van der Waals surface area contributed by atoms with Gasteiger partial charge < -0.3 is 20.1 Å². The van der Waals surface area contributed by atoms with E-state index < -0.39 is 30.8 Å². The van der Waals surface area contributed by atoms with Gasteiger partial charge in [-0.05, 0) is 6.92 Å². The zero-order chi connectivity index (χ0) is 14.3. The van der Waals surface area contributed by atoms with Gasteiger partial charge in [-0.1, -0.05) is 0 Å². The Morgan fingerprint density at radius 3 is 2.33 bits per heavy atom.